The molecule has 19 heavy (non-hydrogen) atoms. The fraction of sp³-hybridized carbons (Fsp3) is 0.643. The summed E-state index contributed by atoms with van der Waals surface area (Å²) in [6, 6.07) is 0. The molecule has 1 heterocycles. The van der Waals surface area contributed by atoms with Gasteiger partial charge in [-0.1, -0.05) is 22.5 Å². The Labute approximate surface area is 111 Å². The van der Waals surface area contributed by atoms with Crippen LogP contribution < -0.4 is 5.32 Å². The maximum atomic E-state index is 12.3. The van der Waals surface area contributed by atoms with Gasteiger partial charge in [-0.3, -0.25) is 4.79 Å². The van der Waals surface area contributed by atoms with Crippen LogP contribution in [0.3, 0.4) is 0 Å². The number of carbonyl (C=O) groups is 1. The molecule has 5 heteroatoms. The van der Waals surface area contributed by atoms with Crippen molar-refractivity contribution >= 4 is 5.91 Å². The first-order chi connectivity index (χ1) is 9.21. The monoisotopic (exact) mass is 259 g/mol. The standard InChI is InChI=1S/C14H17N3O2/c1-8-12(17-19-16-8)7-15-13(18)10-6-9-2-3-11(10)14(9)4-5-14/h2-3,9-11H,4-7H2,1H3,(H,15,18). The Bertz CT molecular complexity index is 559. The Morgan fingerprint density at radius 2 is 2.32 bits per heavy atom. The molecule has 1 amide bonds. The quantitative estimate of drug-likeness (QED) is 0.837. The molecule has 2 saturated carbocycles. The van der Waals surface area contributed by atoms with E-state index in [1.165, 1.54) is 12.8 Å². The highest BCUT2D eigenvalue weighted by molar-refractivity contribution is 5.80. The third-order valence-electron chi connectivity index (χ3n) is 5.24. The summed E-state index contributed by atoms with van der Waals surface area (Å²) in [6.07, 6.45) is 8.21. The molecule has 3 aliphatic carbocycles. The summed E-state index contributed by atoms with van der Waals surface area (Å²) in [5, 5.41) is 10.5. The highest BCUT2D eigenvalue weighted by Crippen LogP contribution is 2.70. The zero-order chi connectivity index (χ0) is 13.0. The van der Waals surface area contributed by atoms with Crippen molar-refractivity contribution in [3.05, 3.63) is 23.5 Å². The normalized spacial score (nSPS) is 33.0. The van der Waals surface area contributed by atoms with Crippen molar-refractivity contribution < 1.29 is 9.42 Å². The number of aromatic nitrogens is 2. The first-order valence-corrected chi connectivity index (χ1v) is 6.95. The number of hydrogen-bond acceptors (Lipinski definition) is 4. The Morgan fingerprint density at radius 1 is 1.47 bits per heavy atom. The second kappa shape index (κ2) is 3.68. The molecule has 1 aromatic rings. The van der Waals surface area contributed by atoms with E-state index >= 15 is 0 Å². The summed E-state index contributed by atoms with van der Waals surface area (Å²) in [6.45, 7) is 2.25. The minimum atomic E-state index is 0.151. The topological polar surface area (TPSA) is 68.0 Å². The summed E-state index contributed by atoms with van der Waals surface area (Å²) >= 11 is 0. The van der Waals surface area contributed by atoms with Gasteiger partial charge in [-0.2, -0.15) is 0 Å². The molecule has 0 aliphatic heterocycles. The number of aryl methyl sites for hydroxylation is 1. The van der Waals surface area contributed by atoms with Crippen LogP contribution in [-0.4, -0.2) is 16.2 Å². The maximum Gasteiger partial charge on any atom is 0.224 e. The number of hydrogen-bond donors (Lipinski definition) is 1. The van der Waals surface area contributed by atoms with Crippen molar-refractivity contribution in [2.75, 3.05) is 0 Å². The average Bonchev–Trinajstić information content (AvgIpc) is 2.90. The van der Waals surface area contributed by atoms with Gasteiger partial charge in [0.25, 0.3) is 0 Å². The molecule has 5 nitrogen and oxygen atoms in total. The molecular weight excluding hydrogens is 242 g/mol. The van der Waals surface area contributed by atoms with Gasteiger partial charge in [0.2, 0.25) is 5.91 Å². The van der Waals surface area contributed by atoms with Crippen molar-refractivity contribution in [2.45, 2.75) is 32.7 Å². The molecule has 2 fully saturated rings. The molecule has 0 aromatic carbocycles. The first-order valence-electron chi connectivity index (χ1n) is 6.95. The Hall–Kier alpha value is -1.65. The van der Waals surface area contributed by atoms with E-state index in [-0.39, 0.29) is 11.8 Å². The number of carbonyl (C=O) groups excluding carboxylic acids is 1. The van der Waals surface area contributed by atoms with Crippen LogP contribution in [0.15, 0.2) is 16.8 Å². The van der Waals surface area contributed by atoms with E-state index < -0.39 is 0 Å². The van der Waals surface area contributed by atoms with Crippen molar-refractivity contribution in [3.8, 4) is 0 Å². The SMILES string of the molecule is Cc1nonc1CNC(=O)C1CC2C=CC1C21CC1. The second-order valence-corrected chi connectivity index (χ2v) is 6.11. The van der Waals surface area contributed by atoms with E-state index in [1.54, 1.807) is 0 Å². The van der Waals surface area contributed by atoms with Crippen molar-refractivity contribution in [3.63, 3.8) is 0 Å². The zero-order valence-electron chi connectivity index (χ0n) is 10.9. The van der Waals surface area contributed by atoms with Gasteiger partial charge >= 0.3 is 0 Å². The Morgan fingerprint density at radius 3 is 2.95 bits per heavy atom. The highest BCUT2D eigenvalue weighted by atomic mass is 16.6. The fourth-order valence-electron chi connectivity index (χ4n) is 3.98. The average molecular weight is 259 g/mol. The molecule has 0 radical (unpaired) electrons. The highest BCUT2D eigenvalue weighted by Gasteiger charge is 2.63. The third-order valence-corrected chi connectivity index (χ3v) is 5.24. The molecule has 3 aliphatic rings. The van der Waals surface area contributed by atoms with Crippen LogP contribution in [0.1, 0.15) is 30.7 Å². The molecule has 4 rings (SSSR count). The van der Waals surface area contributed by atoms with Gasteiger partial charge in [0.1, 0.15) is 11.4 Å². The van der Waals surface area contributed by atoms with Crippen LogP contribution in [0.5, 0.6) is 0 Å². The van der Waals surface area contributed by atoms with Crippen LogP contribution >= 0.6 is 0 Å². The molecule has 100 valence electrons. The molecule has 0 saturated heterocycles. The number of allylic oxidation sites excluding steroid dienone is 2. The molecular formula is C14H17N3O2. The molecule has 1 N–H and O–H groups in total. The van der Waals surface area contributed by atoms with E-state index in [9.17, 15) is 4.79 Å². The van der Waals surface area contributed by atoms with Gasteiger partial charge in [0.15, 0.2) is 0 Å². The van der Waals surface area contributed by atoms with Gasteiger partial charge in [-0.15, -0.1) is 0 Å². The lowest BCUT2D eigenvalue weighted by atomic mass is 9.88. The predicted octanol–water partition coefficient (Wildman–Crippen LogP) is 1.60. The fourth-order valence-corrected chi connectivity index (χ4v) is 3.98. The Balaban J connectivity index is 1.42. The van der Waals surface area contributed by atoms with Gasteiger partial charge in [-0.05, 0) is 43.4 Å². The smallest absolute Gasteiger partial charge is 0.224 e. The van der Waals surface area contributed by atoms with E-state index in [1.807, 2.05) is 6.92 Å². The van der Waals surface area contributed by atoms with E-state index in [4.69, 9.17) is 0 Å². The van der Waals surface area contributed by atoms with Crippen molar-refractivity contribution in [1.82, 2.24) is 15.6 Å². The Kier molecular flexibility index (Phi) is 2.17. The molecule has 1 spiro atoms. The first kappa shape index (κ1) is 11.2. The summed E-state index contributed by atoms with van der Waals surface area (Å²) in [4.78, 5) is 12.3. The summed E-state index contributed by atoms with van der Waals surface area (Å²) in [5.74, 6) is 1.42. The van der Waals surface area contributed by atoms with Crippen molar-refractivity contribution in [2.24, 2.45) is 23.2 Å². The van der Waals surface area contributed by atoms with Crippen LogP contribution in [0.4, 0.5) is 0 Å². The van der Waals surface area contributed by atoms with Crippen LogP contribution in [-0.2, 0) is 11.3 Å². The predicted molar refractivity (Wildman–Crippen MR) is 66.8 cm³/mol. The molecule has 3 unspecified atom stereocenters. The number of nitrogens with zero attached hydrogens (tertiary/aromatic N) is 2. The minimum absolute atomic E-state index is 0.151. The lowest BCUT2D eigenvalue weighted by Crippen LogP contribution is -2.33. The number of amides is 1. The van der Waals surface area contributed by atoms with E-state index in [2.05, 4.69) is 32.4 Å². The largest absolute Gasteiger partial charge is 0.350 e. The molecule has 3 atom stereocenters. The van der Waals surface area contributed by atoms with Crippen LogP contribution in [0.25, 0.3) is 0 Å². The zero-order valence-corrected chi connectivity index (χ0v) is 10.9. The lowest BCUT2D eigenvalue weighted by molar-refractivity contribution is -0.126. The van der Waals surface area contributed by atoms with Crippen LogP contribution in [0.2, 0.25) is 0 Å². The van der Waals surface area contributed by atoms with E-state index in [0.717, 1.165) is 12.1 Å². The van der Waals surface area contributed by atoms with Gasteiger partial charge in [-0.25, -0.2) is 4.63 Å². The molecule has 1 aromatic heterocycles. The van der Waals surface area contributed by atoms with Crippen LogP contribution in [0, 0.1) is 30.1 Å². The van der Waals surface area contributed by atoms with Gasteiger partial charge in [0, 0.05) is 5.92 Å². The number of rotatable bonds is 3. The van der Waals surface area contributed by atoms with Gasteiger partial charge in [0.05, 0.1) is 6.54 Å². The third kappa shape index (κ3) is 1.50. The number of nitrogens with one attached hydrogen (secondary N) is 1. The van der Waals surface area contributed by atoms with E-state index in [0.29, 0.717) is 29.5 Å². The molecule has 2 bridgehead atoms. The van der Waals surface area contributed by atoms with Gasteiger partial charge < -0.3 is 5.32 Å². The second-order valence-electron chi connectivity index (χ2n) is 6.11. The van der Waals surface area contributed by atoms with Crippen molar-refractivity contribution in [1.29, 1.82) is 0 Å². The minimum Gasteiger partial charge on any atom is -0.350 e. The summed E-state index contributed by atoms with van der Waals surface area (Å²) in [7, 11) is 0. The maximum absolute atomic E-state index is 12.3. The summed E-state index contributed by atoms with van der Waals surface area (Å²) in [5.41, 5.74) is 1.92. The lowest BCUT2D eigenvalue weighted by Gasteiger charge is -2.18. The summed E-state index contributed by atoms with van der Waals surface area (Å²) < 4.78 is 4.63.